The molecule has 1 N–H and O–H groups in total. The number of anilines is 2. The van der Waals surface area contributed by atoms with Crippen molar-refractivity contribution in [3.8, 4) is 6.07 Å². The van der Waals surface area contributed by atoms with E-state index in [4.69, 9.17) is 5.26 Å². The standard InChI is InChI=1S/C18H22N6/c1-23(2)18-9-17(20-13-21-18)22-16-7-8-24(12-16)11-15-5-3-14(10-19)4-6-15/h3-6,9,13,16H,7-8,11-12H2,1-2H3,(H,20,21,22). The molecule has 0 spiro atoms. The first-order valence-electron chi connectivity index (χ1n) is 8.11. The van der Waals surface area contributed by atoms with Crippen LogP contribution in [0.4, 0.5) is 11.6 Å². The zero-order valence-corrected chi connectivity index (χ0v) is 14.1. The minimum Gasteiger partial charge on any atom is -0.366 e. The Hall–Kier alpha value is -2.65. The van der Waals surface area contributed by atoms with Crippen LogP contribution in [0.5, 0.6) is 0 Å². The Morgan fingerprint density at radius 1 is 1.29 bits per heavy atom. The first-order valence-corrected chi connectivity index (χ1v) is 8.11. The lowest BCUT2D eigenvalue weighted by atomic mass is 10.1. The second-order valence-electron chi connectivity index (χ2n) is 6.33. The molecule has 1 unspecified atom stereocenters. The third-order valence-corrected chi connectivity index (χ3v) is 4.22. The number of likely N-dealkylation sites (tertiary alicyclic amines) is 1. The number of aromatic nitrogens is 2. The van der Waals surface area contributed by atoms with Gasteiger partial charge in [0.25, 0.3) is 0 Å². The van der Waals surface area contributed by atoms with E-state index < -0.39 is 0 Å². The molecule has 1 saturated heterocycles. The lowest BCUT2D eigenvalue weighted by Gasteiger charge is -2.18. The molecule has 0 radical (unpaired) electrons. The van der Waals surface area contributed by atoms with Gasteiger partial charge in [-0.1, -0.05) is 12.1 Å². The molecule has 3 rings (SSSR count). The highest BCUT2D eigenvalue weighted by Crippen LogP contribution is 2.18. The van der Waals surface area contributed by atoms with E-state index in [9.17, 15) is 0 Å². The average Bonchev–Trinajstić information content (AvgIpc) is 3.02. The normalized spacial score (nSPS) is 17.5. The summed E-state index contributed by atoms with van der Waals surface area (Å²) >= 11 is 0. The smallest absolute Gasteiger partial charge is 0.133 e. The maximum atomic E-state index is 8.86. The quantitative estimate of drug-likeness (QED) is 0.909. The Balaban J connectivity index is 1.55. The van der Waals surface area contributed by atoms with Crippen LogP contribution in [-0.2, 0) is 6.54 Å². The molecule has 2 aromatic rings. The molecule has 1 fully saturated rings. The number of benzene rings is 1. The van der Waals surface area contributed by atoms with E-state index in [1.807, 2.05) is 49.3 Å². The third kappa shape index (κ3) is 4.00. The van der Waals surface area contributed by atoms with Gasteiger partial charge in [0, 0.05) is 45.8 Å². The van der Waals surface area contributed by atoms with Crippen LogP contribution in [0, 0.1) is 11.3 Å². The second kappa shape index (κ2) is 7.28. The fourth-order valence-electron chi connectivity index (χ4n) is 2.92. The highest BCUT2D eigenvalue weighted by atomic mass is 15.2. The van der Waals surface area contributed by atoms with Crippen LogP contribution in [0.15, 0.2) is 36.7 Å². The highest BCUT2D eigenvalue weighted by molar-refractivity contribution is 5.48. The van der Waals surface area contributed by atoms with Crippen LogP contribution in [0.2, 0.25) is 0 Å². The molecule has 1 aromatic carbocycles. The van der Waals surface area contributed by atoms with Crippen molar-refractivity contribution in [3.05, 3.63) is 47.8 Å². The van der Waals surface area contributed by atoms with Crippen molar-refractivity contribution >= 4 is 11.6 Å². The Kier molecular flexibility index (Phi) is 4.92. The molecule has 1 atom stereocenters. The molecule has 6 heteroatoms. The van der Waals surface area contributed by atoms with Crippen LogP contribution in [0.1, 0.15) is 17.5 Å². The maximum absolute atomic E-state index is 8.86. The van der Waals surface area contributed by atoms with E-state index in [0.717, 1.165) is 37.7 Å². The van der Waals surface area contributed by atoms with Gasteiger partial charge in [-0.15, -0.1) is 0 Å². The first kappa shape index (κ1) is 16.2. The molecule has 0 amide bonds. The molecule has 1 aliphatic heterocycles. The number of nitriles is 1. The molecular formula is C18H22N6. The van der Waals surface area contributed by atoms with E-state index >= 15 is 0 Å². The minimum atomic E-state index is 0.397. The van der Waals surface area contributed by atoms with Gasteiger partial charge < -0.3 is 10.2 Å². The van der Waals surface area contributed by atoms with Crippen LogP contribution in [-0.4, -0.2) is 48.1 Å². The summed E-state index contributed by atoms with van der Waals surface area (Å²) < 4.78 is 0. The van der Waals surface area contributed by atoms with Gasteiger partial charge >= 0.3 is 0 Å². The van der Waals surface area contributed by atoms with Gasteiger partial charge in [-0.3, -0.25) is 4.90 Å². The van der Waals surface area contributed by atoms with Gasteiger partial charge in [0.15, 0.2) is 0 Å². The number of rotatable bonds is 5. The molecule has 1 aromatic heterocycles. The van der Waals surface area contributed by atoms with Gasteiger partial charge in [0.1, 0.15) is 18.0 Å². The molecule has 6 nitrogen and oxygen atoms in total. The van der Waals surface area contributed by atoms with Crippen molar-refractivity contribution in [1.82, 2.24) is 14.9 Å². The third-order valence-electron chi connectivity index (χ3n) is 4.22. The fourth-order valence-corrected chi connectivity index (χ4v) is 2.92. The summed E-state index contributed by atoms with van der Waals surface area (Å²) in [7, 11) is 3.95. The Morgan fingerprint density at radius 2 is 2.08 bits per heavy atom. The zero-order chi connectivity index (χ0) is 16.9. The monoisotopic (exact) mass is 322 g/mol. The van der Waals surface area contributed by atoms with Crippen molar-refractivity contribution < 1.29 is 0 Å². The summed E-state index contributed by atoms with van der Waals surface area (Å²) in [4.78, 5) is 12.9. The Labute approximate surface area is 142 Å². The lowest BCUT2D eigenvalue weighted by Crippen LogP contribution is -2.26. The van der Waals surface area contributed by atoms with E-state index in [-0.39, 0.29) is 0 Å². The van der Waals surface area contributed by atoms with Gasteiger partial charge in [-0.05, 0) is 24.1 Å². The zero-order valence-electron chi connectivity index (χ0n) is 14.1. The summed E-state index contributed by atoms with van der Waals surface area (Å²) in [6, 6.07) is 12.4. The molecule has 1 aliphatic rings. The summed E-state index contributed by atoms with van der Waals surface area (Å²) in [6.45, 7) is 2.96. The van der Waals surface area contributed by atoms with Gasteiger partial charge in [0.2, 0.25) is 0 Å². The number of nitrogens with zero attached hydrogens (tertiary/aromatic N) is 5. The van der Waals surface area contributed by atoms with Crippen LogP contribution in [0.25, 0.3) is 0 Å². The van der Waals surface area contributed by atoms with Crippen LogP contribution >= 0.6 is 0 Å². The van der Waals surface area contributed by atoms with E-state index in [2.05, 4.69) is 26.3 Å². The van der Waals surface area contributed by atoms with Crippen molar-refractivity contribution in [2.75, 3.05) is 37.4 Å². The first-order chi connectivity index (χ1) is 11.6. The number of nitrogens with one attached hydrogen (secondary N) is 1. The summed E-state index contributed by atoms with van der Waals surface area (Å²) in [6.07, 6.45) is 2.69. The molecule has 24 heavy (non-hydrogen) atoms. The Morgan fingerprint density at radius 3 is 2.79 bits per heavy atom. The van der Waals surface area contributed by atoms with Crippen molar-refractivity contribution in [3.63, 3.8) is 0 Å². The maximum Gasteiger partial charge on any atom is 0.133 e. The number of hydrogen-bond donors (Lipinski definition) is 1. The molecule has 124 valence electrons. The van der Waals surface area contributed by atoms with Crippen molar-refractivity contribution in [1.29, 1.82) is 5.26 Å². The largest absolute Gasteiger partial charge is 0.366 e. The van der Waals surface area contributed by atoms with E-state index in [0.29, 0.717) is 11.6 Å². The molecule has 0 bridgehead atoms. The molecule has 0 saturated carbocycles. The Bertz CT molecular complexity index is 719. The predicted octanol–water partition coefficient (Wildman–Crippen LogP) is 2.10. The highest BCUT2D eigenvalue weighted by Gasteiger charge is 2.22. The van der Waals surface area contributed by atoms with Gasteiger partial charge in [-0.2, -0.15) is 5.26 Å². The fraction of sp³-hybridized carbons (Fsp3) is 0.389. The lowest BCUT2D eigenvalue weighted by molar-refractivity contribution is 0.328. The summed E-state index contributed by atoms with van der Waals surface area (Å²) in [5.74, 6) is 1.78. The van der Waals surface area contributed by atoms with Crippen molar-refractivity contribution in [2.24, 2.45) is 0 Å². The second-order valence-corrected chi connectivity index (χ2v) is 6.33. The summed E-state index contributed by atoms with van der Waals surface area (Å²) in [5.41, 5.74) is 1.95. The van der Waals surface area contributed by atoms with Crippen molar-refractivity contribution in [2.45, 2.75) is 19.0 Å². The molecule has 2 heterocycles. The van der Waals surface area contributed by atoms with Crippen LogP contribution in [0.3, 0.4) is 0 Å². The predicted molar refractivity (Wildman–Crippen MR) is 94.8 cm³/mol. The van der Waals surface area contributed by atoms with Gasteiger partial charge in [-0.25, -0.2) is 9.97 Å². The molecular weight excluding hydrogens is 300 g/mol. The van der Waals surface area contributed by atoms with Crippen LogP contribution < -0.4 is 10.2 Å². The van der Waals surface area contributed by atoms with E-state index in [1.165, 1.54) is 5.56 Å². The number of hydrogen-bond acceptors (Lipinski definition) is 6. The van der Waals surface area contributed by atoms with Gasteiger partial charge in [0.05, 0.1) is 11.6 Å². The minimum absolute atomic E-state index is 0.397. The average molecular weight is 322 g/mol. The molecule has 0 aliphatic carbocycles. The van der Waals surface area contributed by atoms with E-state index in [1.54, 1.807) is 6.33 Å². The summed E-state index contributed by atoms with van der Waals surface area (Å²) in [5, 5.41) is 12.4. The topological polar surface area (TPSA) is 68.1 Å². The SMILES string of the molecule is CN(C)c1cc(NC2CCN(Cc3ccc(C#N)cc3)C2)ncn1.